The second-order valence-corrected chi connectivity index (χ2v) is 4.91. The van der Waals surface area contributed by atoms with Gasteiger partial charge in [-0.15, -0.1) is 0 Å². The van der Waals surface area contributed by atoms with Gasteiger partial charge in [0, 0.05) is 24.3 Å². The van der Waals surface area contributed by atoms with Gasteiger partial charge in [-0.3, -0.25) is 4.79 Å². The number of hydrogen-bond donors (Lipinski definition) is 1. The van der Waals surface area contributed by atoms with E-state index in [1.807, 2.05) is 50.2 Å². The summed E-state index contributed by atoms with van der Waals surface area (Å²) in [5, 5.41) is 4.27. The summed E-state index contributed by atoms with van der Waals surface area (Å²) in [4.78, 5) is 12.2. The van der Waals surface area contributed by atoms with E-state index < -0.39 is 6.29 Å². The molecular weight excluding hydrogens is 304 g/mol. The highest BCUT2D eigenvalue weighted by Crippen LogP contribution is 2.10. The van der Waals surface area contributed by atoms with Gasteiger partial charge in [-0.1, -0.05) is 48.5 Å². The van der Waals surface area contributed by atoms with Gasteiger partial charge in [-0.2, -0.15) is 5.10 Å². The third kappa shape index (κ3) is 5.01. The molecule has 0 aliphatic carbocycles. The Morgan fingerprint density at radius 2 is 1.42 bits per heavy atom. The van der Waals surface area contributed by atoms with Crippen LogP contribution in [0.4, 0.5) is 0 Å². The number of nitrogens with zero attached hydrogens (tertiary/aromatic N) is 1. The summed E-state index contributed by atoms with van der Waals surface area (Å²) in [6.07, 6.45) is -0.640. The number of benzene rings is 2. The molecule has 2 aromatic rings. The molecule has 0 spiro atoms. The van der Waals surface area contributed by atoms with Crippen LogP contribution in [0.3, 0.4) is 0 Å². The third-order valence-electron chi connectivity index (χ3n) is 3.24. The average molecular weight is 326 g/mol. The monoisotopic (exact) mass is 326 g/mol. The maximum atomic E-state index is 12.2. The van der Waals surface area contributed by atoms with E-state index in [1.165, 1.54) is 0 Å². The number of carbonyl (C=O) groups excluding carboxylic acids is 1. The highest BCUT2D eigenvalue weighted by molar-refractivity contribution is 6.04. The average Bonchev–Trinajstić information content (AvgIpc) is 2.63. The number of amides is 1. The van der Waals surface area contributed by atoms with Crippen molar-refractivity contribution in [2.45, 2.75) is 20.1 Å². The smallest absolute Gasteiger partial charge is 0.271 e. The maximum absolute atomic E-state index is 12.2. The van der Waals surface area contributed by atoms with Gasteiger partial charge in [-0.25, -0.2) is 5.43 Å². The van der Waals surface area contributed by atoms with E-state index in [2.05, 4.69) is 10.5 Å². The molecule has 2 aromatic carbocycles. The first-order chi connectivity index (χ1) is 11.8. The van der Waals surface area contributed by atoms with E-state index >= 15 is 0 Å². The van der Waals surface area contributed by atoms with E-state index in [9.17, 15) is 4.79 Å². The van der Waals surface area contributed by atoms with Crippen LogP contribution in [0.25, 0.3) is 0 Å². The quantitative estimate of drug-likeness (QED) is 0.460. The molecule has 0 fully saturated rings. The van der Waals surface area contributed by atoms with Gasteiger partial charge >= 0.3 is 0 Å². The van der Waals surface area contributed by atoms with Gasteiger partial charge in [0.1, 0.15) is 5.71 Å². The molecule has 0 saturated heterocycles. The minimum Gasteiger partial charge on any atom is -0.347 e. The van der Waals surface area contributed by atoms with Crippen LogP contribution in [0, 0.1) is 0 Å². The lowest BCUT2D eigenvalue weighted by Gasteiger charge is -2.19. The van der Waals surface area contributed by atoms with Crippen LogP contribution < -0.4 is 5.43 Å². The molecule has 0 aliphatic heterocycles. The normalized spacial score (nSPS) is 11.5. The van der Waals surface area contributed by atoms with Gasteiger partial charge in [0.05, 0.1) is 0 Å². The molecule has 1 amide bonds. The van der Waals surface area contributed by atoms with Crippen LogP contribution in [0.1, 0.15) is 29.8 Å². The van der Waals surface area contributed by atoms with Gasteiger partial charge in [0.2, 0.25) is 6.29 Å². The minimum atomic E-state index is -0.640. The molecule has 5 nitrogen and oxygen atoms in total. The molecule has 0 atom stereocenters. The van der Waals surface area contributed by atoms with E-state index in [-0.39, 0.29) is 5.91 Å². The number of carbonyl (C=O) groups is 1. The molecule has 0 aliphatic rings. The van der Waals surface area contributed by atoms with Crippen LogP contribution in [0.5, 0.6) is 0 Å². The summed E-state index contributed by atoms with van der Waals surface area (Å²) in [5.74, 6) is -0.282. The standard InChI is InChI=1S/C19H22N2O3/c1-3-23-19(24-4-2)17(15-11-7-5-8-12-15)20-21-18(22)16-13-9-6-10-14-16/h5-14,19H,3-4H2,1-2H3,(H,21,22)/b20-17-. The Labute approximate surface area is 142 Å². The number of rotatable bonds is 8. The van der Waals surface area contributed by atoms with E-state index in [1.54, 1.807) is 24.3 Å². The largest absolute Gasteiger partial charge is 0.347 e. The second-order valence-electron chi connectivity index (χ2n) is 4.91. The topological polar surface area (TPSA) is 59.9 Å². The van der Waals surface area contributed by atoms with Gasteiger partial charge in [0.25, 0.3) is 5.91 Å². The lowest BCUT2D eigenvalue weighted by molar-refractivity contribution is -0.0897. The van der Waals surface area contributed by atoms with Crippen molar-refractivity contribution in [3.05, 3.63) is 71.8 Å². The number of hydrazone groups is 1. The Bertz CT molecular complexity index is 651. The van der Waals surface area contributed by atoms with Crippen LogP contribution in [0.15, 0.2) is 65.8 Å². The summed E-state index contributed by atoms with van der Waals surface area (Å²) in [5.41, 5.74) is 4.49. The van der Waals surface area contributed by atoms with E-state index in [4.69, 9.17) is 9.47 Å². The van der Waals surface area contributed by atoms with Crippen LogP contribution in [-0.2, 0) is 9.47 Å². The predicted octanol–water partition coefficient (Wildman–Crippen LogP) is 3.22. The summed E-state index contributed by atoms with van der Waals surface area (Å²) in [7, 11) is 0. The summed E-state index contributed by atoms with van der Waals surface area (Å²) in [6.45, 7) is 4.72. The second kappa shape index (κ2) is 9.60. The third-order valence-corrected chi connectivity index (χ3v) is 3.24. The highest BCUT2D eigenvalue weighted by atomic mass is 16.7. The van der Waals surface area contributed by atoms with E-state index in [0.29, 0.717) is 24.5 Å². The molecule has 2 rings (SSSR count). The van der Waals surface area contributed by atoms with Crippen molar-refractivity contribution in [2.75, 3.05) is 13.2 Å². The molecule has 0 heterocycles. The molecule has 5 heteroatoms. The Kier molecular flexibility index (Phi) is 7.14. The molecule has 24 heavy (non-hydrogen) atoms. The van der Waals surface area contributed by atoms with Crippen molar-refractivity contribution in [2.24, 2.45) is 5.10 Å². The van der Waals surface area contributed by atoms with Crippen molar-refractivity contribution in [3.63, 3.8) is 0 Å². The zero-order valence-corrected chi connectivity index (χ0v) is 13.9. The number of nitrogens with one attached hydrogen (secondary N) is 1. The van der Waals surface area contributed by atoms with Crippen molar-refractivity contribution in [1.82, 2.24) is 5.43 Å². The van der Waals surface area contributed by atoms with Crippen molar-refractivity contribution in [1.29, 1.82) is 0 Å². The summed E-state index contributed by atoms with van der Waals surface area (Å²) in [6, 6.07) is 18.5. The highest BCUT2D eigenvalue weighted by Gasteiger charge is 2.19. The Balaban J connectivity index is 2.26. The SMILES string of the molecule is CCOC(OCC)/C(=N\NC(=O)c1ccccc1)c1ccccc1. The van der Waals surface area contributed by atoms with Crippen LogP contribution in [0.2, 0.25) is 0 Å². The molecule has 126 valence electrons. The summed E-state index contributed by atoms with van der Waals surface area (Å²) >= 11 is 0. The van der Waals surface area contributed by atoms with Crippen molar-refractivity contribution >= 4 is 11.6 Å². The zero-order valence-electron chi connectivity index (χ0n) is 13.9. The maximum Gasteiger partial charge on any atom is 0.271 e. The van der Waals surface area contributed by atoms with E-state index in [0.717, 1.165) is 5.56 Å². The summed E-state index contributed by atoms with van der Waals surface area (Å²) < 4.78 is 11.3. The molecule has 0 bridgehead atoms. The fourth-order valence-corrected chi connectivity index (χ4v) is 2.14. The predicted molar refractivity (Wildman–Crippen MR) is 93.9 cm³/mol. The Morgan fingerprint density at radius 3 is 1.92 bits per heavy atom. The first-order valence-electron chi connectivity index (χ1n) is 7.97. The van der Waals surface area contributed by atoms with Gasteiger partial charge in [-0.05, 0) is 26.0 Å². The minimum absolute atomic E-state index is 0.282. The van der Waals surface area contributed by atoms with Crippen molar-refractivity contribution in [3.8, 4) is 0 Å². The Morgan fingerprint density at radius 1 is 0.917 bits per heavy atom. The first-order valence-corrected chi connectivity index (χ1v) is 7.97. The van der Waals surface area contributed by atoms with Crippen LogP contribution in [-0.4, -0.2) is 31.1 Å². The van der Waals surface area contributed by atoms with Gasteiger partial charge < -0.3 is 9.47 Å². The molecule has 1 N–H and O–H groups in total. The van der Waals surface area contributed by atoms with Gasteiger partial charge in [0.15, 0.2) is 0 Å². The molecule has 0 unspecified atom stereocenters. The molecule has 0 radical (unpaired) electrons. The molecular formula is C19H22N2O3. The fraction of sp³-hybridized carbons (Fsp3) is 0.263. The van der Waals surface area contributed by atoms with Crippen LogP contribution >= 0.6 is 0 Å². The number of ether oxygens (including phenoxy) is 2. The first kappa shape index (κ1) is 17.8. The molecule has 0 aromatic heterocycles. The Hall–Kier alpha value is -2.50. The molecule has 0 saturated carbocycles. The van der Waals surface area contributed by atoms with Crippen molar-refractivity contribution < 1.29 is 14.3 Å². The lowest BCUT2D eigenvalue weighted by Crippen LogP contribution is -2.31. The number of hydrogen-bond acceptors (Lipinski definition) is 4. The lowest BCUT2D eigenvalue weighted by atomic mass is 10.1. The zero-order chi connectivity index (χ0) is 17.2. The fourth-order valence-electron chi connectivity index (χ4n) is 2.14.